The van der Waals surface area contributed by atoms with Crippen LogP contribution in [0.2, 0.25) is 5.02 Å². The van der Waals surface area contributed by atoms with Gasteiger partial charge in [-0.25, -0.2) is 9.97 Å². The van der Waals surface area contributed by atoms with Gasteiger partial charge in [0.2, 0.25) is 5.91 Å². The predicted molar refractivity (Wildman–Crippen MR) is 70.5 cm³/mol. The van der Waals surface area contributed by atoms with Crippen molar-refractivity contribution in [2.45, 2.75) is 12.8 Å². The van der Waals surface area contributed by atoms with E-state index < -0.39 is 0 Å². The number of halogens is 1. The van der Waals surface area contributed by atoms with Crippen molar-refractivity contribution in [3.05, 3.63) is 11.3 Å². The molecule has 1 aromatic rings. The molecule has 0 atom stereocenters. The van der Waals surface area contributed by atoms with E-state index in [0.717, 1.165) is 25.9 Å². The van der Waals surface area contributed by atoms with Crippen molar-refractivity contribution in [3.63, 3.8) is 0 Å². The van der Waals surface area contributed by atoms with Crippen LogP contribution in [0.3, 0.4) is 0 Å². The standard InChI is InChI=1S/C11H16ClN5O/c1-16(6-8(18)17-4-2-3-5-17)11-9(12)10(13)14-7-15-11/h7H,2-6H2,1H3,(H2,13,14,15). The van der Waals surface area contributed by atoms with Gasteiger partial charge in [-0.2, -0.15) is 0 Å². The molecule has 0 spiro atoms. The van der Waals surface area contributed by atoms with E-state index in [0.29, 0.717) is 5.82 Å². The maximum absolute atomic E-state index is 12.0. The number of carbonyl (C=O) groups is 1. The van der Waals surface area contributed by atoms with Crippen LogP contribution in [-0.2, 0) is 4.79 Å². The molecular formula is C11H16ClN5O. The van der Waals surface area contributed by atoms with Crippen LogP contribution in [-0.4, -0.2) is 47.5 Å². The lowest BCUT2D eigenvalue weighted by Gasteiger charge is -2.22. The summed E-state index contributed by atoms with van der Waals surface area (Å²) in [5, 5.41) is 0.286. The van der Waals surface area contributed by atoms with Crippen LogP contribution >= 0.6 is 11.6 Å². The lowest BCUT2D eigenvalue weighted by atomic mass is 10.4. The number of likely N-dealkylation sites (N-methyl/N-ethyl adjacent to an activating group) is 1. The first-order valence-corrected chi connectivity index (χ1v) is 6.22. The minimum atomic E-state index is 0.0863. The van der Waals surface area contributed by atoms with Crippen molar-refractivity contribution < 1.29 is 4.79 Å². The van der Waals surface area contributed by atoms with Crippen LogP contribution < -0.4 is 10.6 Å². The van der Waals surface area contributed by atoms with Crippen molar-refractivity contribution >= 4 is 29.1 Å². The number of likely N-dealkylation sites (tertiary alicyclic amines) is 1. The Labute approximate surface area is 111 Å². The van der Waals surface area contributed by atoms with Crippen LogP contribution in [0.15, 0.2) is 6.33 Å². The van der Waals surface area contributed by atoms with Gasteiger partial charge in [-0.05, 0) is 12.8 Å². The van der Waals surface area contributed by atoms with E-state index in [1.807, 2.05) is 4.90 Å². The molecule has 2 heterocycles. The molecule has 7 heteroatoms. The number of nitrogens with zero attached hydrogens (tertiary/aromatic N) is 4. The number of nitrogens with two attached hydrogens (primary N) is 1. The Kier molecular flexibility index (Phi) is 3.86. The van der Waals surface area contributed by atoms with Gasteiger partial charge in [-0.3, -0.25) is 4.79 Å². The summed E-state index contributed by atoms with van der Waals surface area (Å²) in [6, 6.07) is 0. The summed E-state index contributed by atoms with van der Waals surface area (Å²) >= 11 is 6.01. The highest BCUT2D eigenvalue weighted by atomic mass is 35.5. The summed E-state index contributed by atoms with van der Waals surface area (Å²) in [7, 11) is 1.77. The molecule has 1 fully saturated rings. The zero-order chi connectivity index (χ0) is 13.1. The normalized spacial score (nSPS) is 14.9. The molecule has 0 radical (unpaired) electrons. The van der Waals surface area contributed by atoms with Gasteiger partial charge in [0.15, 0.2) is 5.82 Å². The third kappa shape index (κ3) is 2.64. The maximum Gasteiger partial charge on any atom is 0.242 e. The molecule has 98 valence electrons. The second-order valence-electron chi connectivity index (χ2n) is 4.34. The SMILES string of the molecule is CN(CC(=O)N1CCCC1)c1ncnc(N)c1Cl. The number of hydrogen-bond donors (Lipinski definition) is 1. The molecular weight excluding hydrogens is 254 g/mol. The number of hydrogen-bond acceptors (Lipinski definition) is 5. The fourth-order valence-corrected chi connectivity index (χ4v) is 2.23. The maximum atomic E-state index is 12.0. The van der Waals surface area contributed by atoms with Gasteiger partial charge in [0.25, 0.3) is 0 Å². The Hall–Kier alpha value is -1.56. The molecule has 0 bridgehead atoms. The molecule has 1 aromatic heterocycles. The monoisotopic (exact) mass is 269 g/mol. The first kappa shape index (κ1) is 12.9. The number of carbonyl (C=O) groups excluding carboxylic acids is 1. The minimum absolute atomic E-state index is 0.0863. The molecule has 0 saturated carbocycles. The van der Waals surface area contributed by atoms with E-state index >= 15 is 0 Å². The van der Waals surface area contributed by atoms with E-state index in [1.54, 1.807) is 11.9 Å². The molecule has 2 rings (SSSR count). The molecule has 2 N–H and O–H groups in total. The zero-order valence-corrected chi connectivity index (χ0v) is 11.0. The number of amides is 1. The van der Waals surface area contributed by atoms with Crippen LogP contribution in [0.25, 0.3) is 0 Å². The lowest BCUT2D eigenvalue weighted by molar-refractivity contribution is -0.128. The topological polar surface area (TPSA) is 75.4 Å². The Bertz CT molecular complexity index is 447. The number of aromatic nitrogens is 2. The Morgan fingerprint density at radius 3 is 2.83 bits per heavy atom. The van der Waals surface area contributed by atoms with Gasteiger partial charge < -0.3 is 15.5 Å². The van der Waals surface area contributed by atoms with E-state index in [9.17, 15) is 4.79 Å². The van der Waals surface area contributed by atoms with Gasteiger partial charge >= 0.3 is 0 Å². The summed E-state index contributed by atoms with van der Waals surface area (Å²) < 4.78 is 0. The Morgan fingerprint density at radius 1 is 1.50 bits per heavy atom. The largest absolute Gasteiger partial charge is 0.382 e. The first-order chi connectivity index (χ1) is 8.59. The van der Waals surface area contributed by atoms with Crippen LogP contribution in [0.1, 0.15) is 12.8 Å². The fraction of sp³-hybridized carbons (Fsp3) is 0.545. The third-order valence-electron chi connectivity index (χ3n) is 2.99. The minimum Gasteiger partial charge on any atom is -0.382 e. The zero-order valence-electron chi connectivity index (χ0n) is 10.3. The second-order valence-corrected chi connectivity index (χ2v) is 4.72. The van der Waals surface area contributed by atoms with E-state index in [1.165, 1.54) is 6.33 Å². The fourth-order valence-electron chi connectivity index (χ4n) is 1.98. The number of rotatable bonds is 3. The molecule has 0 aliphatic carbocycles. The average molecular weight is 270 g/mol. The van der Waals surface area contributed by atoms with Gasteiger partial charge in [0.05, 0.1) is 6.54 Å². The molecule has 1 saturated heterocycles. The van der Waals surface area contributed by atoms with Crippen molar-refractivity contribution in [1.82, 2.24) is 14.9 Å². The first-order valence-electron chi connectivity index (χ1n) is 5.84. The van der Waals surface area contributed by atoms with E-state index in [4.69, 9.17) is 17.3 Å². The van der Waals surface area contributed by atoms with Crippen LogP contribution in [0.5, 0.6) is 0 Å². The summed E-state index contributed by atoms with van der Waals surface area (Å²) in [5.41, 5.74) is 5.61. The predicted octanol–water partition coefficient (Wildman–Crippen LogP) is 0.771. The van der Waals surface area contributed by atoms with Crippen molar-refractivity contribution in [2.75, 3.05) is 37.3 Å². The van der Waals surface area contributed by atoms with Crippen molar-refractivity contribution in [1.29, 1.82) is 0 Å². The molecule has 0 aromatic carbocycles. The summed E-state index contributed by atoms with van der Waals surface area (Å²) in [6.45, 7) is 1.93. The molecule has 1 amide bonds. The van der Waals surface area contributed by atoms with Crippen molar-refractivity contribution in [3.8, 4) is 0 Å². The van der Waals surface area contributed by atoms with Crippen LogP contribution in [0, 0.1) is 0 Å². The number of anilines is 2. The molecule has 0 unspecified atom stereocenters. The van der Waals surface area contributed by atoms with E-state index in [2.05, 4.69) is 9.97 Å². The third-order valence-corrected chi connectivity index (χ3v) is 3.35. The summed E-state index contributed by atoms with van der Waals surface area (Å²) in [5.74, 6) is 0.794. The summed E-state index contributed by atoms with van der Waals surface area (Å²) in [6.07, 6.45) is 3.50. The molecule has 1 aliphatic rings. The van der Waals surface area contributed by atoms with Gasteiger partial charge in [0, 0.05) is 20.1 Å². The molecule has 18 heavy (non-hydrogen) atoms. The van der Waals surface area contributed by atoms with Gasteiger partial charge in [-0.1, -0.05) is 11.6 Å². The lowest BCUT2D eigenvalue weighted by Crippen LogP contribution is -2.37. The smallest absolute Gasteiger partial charge is 0.242 e. The highest BCUT2D eigenvalue weighted by molar-refractivity contribution is 6.35. The van der Waals surface area contributed by atoms with E-state index in [-0.39, 0.29) is 23.3 Å². The van der Waals surface area contributed by atoms with Gasteiger partial charge in [-0.15, -0.1) is 0 Å². The van der Waals surface area contributed by atoms with Crippen LogP contribution in [0.4, 0.5) is 11.6 Å². The number of nitrogen functional groups attached to an aromatic ring is 1. The quantitative estimate of drug-likeness (QED) is 0.877. The Morgan fingerprint density at radius 2 is 2.17 bits per heavy atom. The average Bonchev–Trinajstić information content (AvgIpc) is 2.86. The van der Waals surface area contributed by atoms with Crippen molar-refractivity contribution in [2.24, 2.45) is 0 Å². The molecule has 1 aliphatic heterocycles. The summed E-state index contributed by atoms with van der Waals surface area (Å²) in [4.78, 5) is 23.4. The molecule has 6 nitrogen and oxygen atoms in total. The Balaban J connectivity index is 2.04. The second kappa shape index (κ2) is 5.39. The highest BCUT2D eigenvalue weighted by Gasteiger charge is 2.21. The van der Waals surface area contributed by atoms with Gasteiger partial charge in [0.1, 0.15) is 17.2 Å². The highest BCUT2D eigenvalue weighted by Crippen LogP contribution is 2.25.